The van der Waals surface area contributed by atoms with Gasteiger partial charge in [0, 0.05) is 0 Å². The van der Waals surface area contributed by atoms with E-state index < -0.39 is 29.5 Å². The highest BCUT2D eigenvalue weighted by atomic mass is 19.1. The Morgan fingerprint density at radius 3 is 2.50 bits per heavy atom. The van der Waals surface area contributed by atoms with Crippen molar-refractivity contribution in [3.05, 3.63) is 41.7 Å². The highest BCUT2D eigenvalue weighted by Crippen LogP contribution is 2.27. The van der Waals surface area contributed by atoms with Gasteiger partial charge < -0.3 is 10.4 Å². The lowest BCUT2D eigenvalue weighted by Crippen LogP contribution is -2.34. The molecular formula is C15H16FNO3. The number of benzene rings is 1. The number of rotatable bonds is 3. The number of anilines is 1. The second-order valence-corrected chi connectivity index (χ2v) is 4.97. The zero-order chi connectivity index (χ0) is 14.7. The first-order valence-electron chi connectivity index (χ1n) is 6.44. The van der Waals surface area contributed by atoms with Gasteiger partial charge in [-0.1, -0.05) is 18.2 Å². The van der Waals surface area contributed by atoms with E-state index in [-0.39, 0.29) is 5.69 Å². The van der Waals surface area contributed by atoms with Crippen molar-refractivity contribution in [3.8, 4) is 0 Å². The summed E-state index contributed by atoms with van der Waals surface area (Å²) in [5.74, 6) is -3.40. The molecule has 1 aromatic carbocycles. The van der Waals surface area contributed by atoms with Crippen molar-refractivity contribution in [1.29, 1.82) is 0 Å². The first-order chi connectivity index (χ1) is 9.49. The van der Waals surface area contributed by atoms with Gasteiger partial charge in [0.2, 0.25) is 5.91 Å². The van der Waals surface area contributed by atoms with E-state index in [0.717, 1.165) is 5.56 Å². The number of hydrogen-bond donors (Lipinski definition) is 2. The number of carbonyl (C=O) groups is 2. The minimum atomic E-state index is -1.00. The predicted molar refractivity (Wildman–Crippen MR) is 72.8 cm³/mol. The summed E-state index contributed by atoms with van der Waals surface area (Å²) in [6.07, 6.45) is 4.23. The van der Waals surface area contributed by atoms with Crippen LogP contribution < -0.4 is 5.32 Å². The molecule has 1 aromatic rings. The van der Waals surface area contributed by atoms with E-state index >= 15 is 0 Å². The fourth-order valence-electron chi connectivity index (χ4n) is 2.32. The minimum Gasteiger partial charge on any atom is -0.481 e. The maximum Gasteiger partial charge on any atom is 0.307 e. The Labute approximate surface area is 116 Å². The molecule has 2 atom stereocenters. The van der Waals surface area contributed by atoms with E-state index in [9.17, 15) is 14.0 Å². The highest BCUT2D eigenvalue weighted by Gasteiger charge is 2.34. The zero-order valence-electron chi connectivity index (χ0n) is 11.1. The third-order valence-corrected chi connectivity index (χ3v) is 3.47. The van der Waals surface area contributed by atoms with E-state index in [2.05, 4.69) is 5.32 Å². The largest absolute Gasteiger partial charge is 0.481 e. The van der Waals surface area contributed by atoms with Gasteiger partial charge in [-0.05, 0) is 37.5 Å². The van der Waals surface area contributed by atoms with Crippen molar-refractivity contribution in [3.63, 3.8) is 0 Å². The molecule has 2 rings (SSSR count). The molecule has 2 N–H and O–H groups in total. The first kappa shape index (κ1) is 14.2. The zero-order valence-corrected chi connectivity index (χ0v) is 11.1. The molecule has 4 nitrogen and oxygen atoms in total. The van der Waals surface area contributed by atoms with E-state index in [0.29, 0.717) is 12.8 Å². The number of aliphatic carboxylic acids is 1. The van der Waals surface area contributed by atoms with Gasteiger partial charge in [0.25, 0.3) is 0 Å². The maximum absolute atomic E-state index is 13.7. The Balaban J connectivity index is 2.14. The summed E-state index contributed by atoms with van der Waals surface area (Å²) in [6.45, 7) is 1.75. The van der Waals surface area contributed by atoms with Crippen LogP contribution in [0.25, 0.3) is 0 Å². The molecule has 1 amide bonds. The van der Waals surface area contributed by atoms with E-state index in [4.69, 9.17) is 5.11 Å². The molecule has 0 saturated heterocycles. The van der Waals surface area contributed by atoms with Crippen molar-refractivity contribution in [2.45, 2.75) is 19.8 Å². The summed E-state index contributed by atoms with van der Waals surface area (Å²) in [5, 5.41) is 11.6. The van der Waals surface area contributed by atoms with Crippen molar-refractivity contribution in [2.75, 3.05) is 5.32 Å². The Morgan fingerprint density at radius 2 is 1.90 bits per heavy atom. The molecule has 0 saturated carbocycles. The Hall–Kier alpha value is -2.17. The lowest BCUT2D eigenvalue weighted by Gasteiger charge is -2.24. The molecule has 0 fully saturated rings. The average Bonchev–Trinajstić information content (AvgIpc) is 2.41. The Bertz CT molecular complexity index is 568. The normalized spacial score (nSPS) is 21.5. The lowest BCUT2D eigenvalue weighted by molar-refractivity contribution is -0.146. The predicted octanol–water partition coefficient (Wildman–Crippen LogP) is 2.74. The molecular weight excluding hydrogens is 261 g/mol. The van der Waals surface area contributed by atoms with Crippen LogP contribution in [0.4, 0.5) is 10.1 Å². The third kappa shape index (κ3) is 3.04. The van der Waals surface area contributed by atoms with E-state index in [1.807, 2.05) is 0 Å². The Morgan fingerprint density at radius 1 is 1.25 bits per heavy atom. The van der Waals surface area contributed by atoms with Crippen LogP contribution >= 0.6 is 0 Å². The van der Waals surface area contributed by atoms with Crippen LogP contribution in [0.3, 0.4) is 0 Å². The van der Waals surface area contributed by atoms with Crippen LogP contribution in [-0.4, -0.2) is 17.0 Å². The van der Waals surface area contributed by atoms with Gasteiger partial charge in [0.15, 0.2) is 0 Å². The monoisotopic (exact) mass is 277 g/mol. The van der Waals surface area contributed by atoms with Gasteiger partial charge in [-0.15, -0.1) is 0 Å². The summed E-state index contributed by atoms with van der Waals surface area (Å²) in [4.78, 5) is 23.3. The average molecular weight is 277 g/mol. The molecule has 0 spiro atoms. The van der Waals surface area contributed by atoms with Crippen molar-refractivity contribution >= 4 is 17.6 Å². The number of amides is 1. The molecule has 0 aromatic heterocycles. The SMILES string of the molecule is Cc1ccc(NC(=O)[C@H]2CC=CC[C@H]2C(=O)O)c(F)c1. The first-order valence-corrected chi connectivity index (χ1v) is 6.44. The van der Waals surface area contributed by atoms with Gasteiger partial charge >= 0.3 is 5.97 Å². The molecule has 0 heterocycles. The number of halogens is 1. The second kappa shape index (κ2) is 5.86. The van der Waals surface area contributed by atoms with E-state index in [1.165, 1.54) is 12.1 Å². The number of allylic oxidation sites excluding steroid dienone is 2. The van der Waals surface area contributed by atoms with E-state index in [1.54, 1.807) is 25.1 Å². The fourth-order valence-corrected chi connectivity index (χ4v) is 2.32. The molecule has 0 radical (unpaired) electrons. The summed E-state index contributed by atoms with van der Waals surface area (Å²) in [6, 6.07) is 4.50. The van der Waals surface area contributed by atoms with Gasteiger partial charge in [0.05, 0.1) is 17.5 Å². The number of carboxylic acid groups (broad SMARTS) is 1. The molecule has 0 unspecified atom stereocenters. The summed E-state index contributed by atoms with van der Waals surface area (Å²) in [5.41, 5.74) is 0.837. The maximum atomic E-state index is 13.7. The van der Waals surface area contributed by atoms with Crippen molar-refractivity contribution < 1.29 is 19.1 Å². The topological polar surface area (TPSA) is 66.4 Å². The van der Waals surface area contributed by atoms with Gasteiger partial charge in [0.1, 0.15) is 5.82 Å². The summed E-state index contributed by atoms with van der Waals surface area (Å²) < 4.78 is 13.7. The van der Waals surface area contributed by atoms with Crippen LogP contribution in [-0.2, 0) is 9.59 Å². The standard InChI is InChI=1S/C15H16FNO3/c1-9-6-7-13(12(16)8-9)17-14(18)10-4-2-3-5-11(10)15(19)20/h2-3,6-8,10-11H,4-5H2,1H3,(H,17,18)(H,19,20)/t10-,11+/m0/s1. The Kier molecular flexibility index (Phi) is 4.17. The van der Waals surface area contributed by atoms with Crippen LogP contribution in [0.2, 0.25) is 0 Å². The molecule has 0 bridgehead atoms. The molecule has 1 aliphatic carbocycles. The molecule has 20 heavy (non-hydrogen) atoms. The molecule has 106 valence electrons. The number of carboxylic acids is 1. The third-order valence-electron chi connectivity index (χ3n) is 3.47. The van der Waals surface area contributed by atoms with Gasteiger partial charge in [-0.25, -0.2) is 4.39 Å². The quantitative estimate of drug-likeness (QED) is 0.835. The number of carbonyl (C=O) groups excluding carboxylic acids is 1. The number of hydrogen-bond acceptors (Lipinski definition) is 2. The van der Waals surface area contributed by atoms with Crippen LogP contribution in [0.5, 0.6) is 0 Å². The molecule has 0 aliphatic heterocycles. The van der Waals surface area contributed by atoms with Gasteiger partial charge in [-0.3, -0.25) is 9.59 Å². The van der Waals surface area contributed by atoms with Crippen molar-refractivity contribution in [2.24, 2.45) is 11.8 Å². The number of aryl methyl sites for hydroxylation is 1. The smallest absolute Gasteiger partial charge is 0.307 e. The fraction of sp³-hybridized carbons (Fsp3) is 0.333. The molecule has 5 heteroatoms. The van der Waals surface area contributed by atoms with Crippen LogP contribution in [0.1, 0.15) is 18.4 Å². The lowest BCUT2D eigenvalue weighted by atomic mass is 9.82. The van der Waals surface area contributed by atoms with Crippen LogP contribution in [0.15, 0.2) is 30.4 Å². The minimum absolute atomic E-state index is 0.0827. The van der Waals surface area contributed by atoms with Crippen molar-refractivity contribution in [1.82, 2.24) is 0 Å². The second-order valence-electron chi connectivity index (χ2n) is 4.97. The van der Waals surface area contributed by atoms with Gasteiger partial charge in [-0.2, -0.15) is 0 Å². The highest BCUT2D eigenvalue weighted by molar-refractivity contribution is 5.95. The van der Waals surface area contributed by atoms with Crippen LogP contribution in [0, 0.1) is 24.6 Å². The summed E-state index contributed by atoms with van der Waals surface area (Å²) >= 11 is 0. The summed E-state index contributed by atoms with van der Waals surface area (Å²) in [7, 11) is 0. The number of nitrogens with one attached hydrogen (secondary N) is 1. The molecule has 1 aliphatic rings.